The van der Waals surface area contributed by atoms with Crippen molar-refractivity contribution in [3.63, 3.8) is 0 Å². The number of benzene rings is 3. The number of aromatic hydroxyl groups is 1. The Hall–Kier alpha value is -2.73. The molecule has 30 heavy (non-hydrogen) atoms. The van der Waals surface area contributed by atoms with Gasteiger partial charge >= 0.3 is 0 Å². The minimum Gasteiger partial charge on any atom is -0.507 e. The van der Waals surface area contributed by atoms with E-state index < -0.39 is 5.91 Å². The van der Waals surface area contributed by atoms with Crippen molar-refractivity contribution in [1.29, 1.82) is 0 Å². The minimum absolute atomic E-state index is 0.0252. The van der Waals surface area contributed by atoms with Crippen LogP contribution in [-0.4, -0.2) is 16.7 Å². The summed E-state index contributed by atoms with van der Waals surface area (Å²) in [4.78, 5) is 12.3. The van der Waals surface area contributed by atoms with E-state index in [0.717, 1.165) is 5.56 Å². The number of rotatable bonds is 6. The molecule has 0 aliphatic carbocycles. The summed E-state index contributed by atoms with van der Waals surface area (Å²) in [6.07, 6.45) is 0. The molecule has 0 aliphatic rings. The Kier molecular flexibility index (Phi) is 7.21. The van der Waals surface area contributed by atoms with Crippen LogP contribution in [-0.2, 0) is 6.61 Å². The molecule has 0 fully saturated rings. The Morgan fingerprint density at radius 3 is 2.37 bits per heavy atom. The highest BCUT2D eigenvalue weighted by Gasteiger charge is 2.09. The Balaban J connectivity index is 1.61. The van der Waals surface area contributed by atoms with Gasteiger partial charge in [-0.15, -0.1) is 0 Å². The van der Waals surface area contributed by atoms with Gasteiger partial charge in [0.25, 0.3) is 5.91 Å². The van der Waals surface area contributed by atoms with Crippen molar-refractivity contribution in [1.82, 2.24) is 5.43 Å². The number of nitrogens with zero attached hydrogens (tertiary/aromatic N) is 1. The Bertz CT molecular complexity index is 1100. The van der Waals surface area contributed by atoms with Gasteiger partial charge in [-0.3, -0.25) is 4.79 Å². The van der Waals surface area contributed by atoms with E-state index in [0.29, 0.717) is 37.7 Å². The molecule has 0 saturated carbocycles. The summed E-state index contributed by atoms with van der Waals surface area (Å²) in [7, 11) is 0. The Labute approximate surface area is 188 Å². The van der Waals surface area contributed by atoms with Crippen molar-refractivity contribution in [2.24, 2.45) is 5.10 Å². The van der Waals surface area contributed by atoms with Gasteiger partial charge in [0, 0.05) is 31.8 Å². The monoisotopic (exact) mass is 462 g/mol. The lowest BCUT2D eigenvalue weighted by atomic mass is 10.1. The van der Waals surface area contributed by atoms with E-state index in [1.807, 2.05) is 0 Å². The van der Waals surface area contributed by atoms with Crippen LogP contribution in [0.1, 0.15) is 28.4 Å². The van der Waals surface area contributed by atoms with E-state index in [1.165, 1.54) is 6.07 Å². The van der Waals surface area contributed by atoms with Crippen LogP contribution in [0, 0.1) is 0 Å². The smallest absolute Gasteiger partial charge is 0.271 e. The number of halogens is 3. The summed E-state index contributed by atoms with van der Waals surface area (Å²) >= 11 is 18.0. The molecule has 1 amide bonds. The zero-order valence-electron chi connectivity index (χ0n) is 15.8. The molecule has 8 heteroatoms. The summed E-state index contributed by atoms with van der Waals surface area (Å²) in [5, 5.41) is 15.5. The summed E-state index contributed by atoms with van der Waals surface area (Å²) in [6, 6.07) is 16.4. The number of hydrazone groups is 1. The molecule has 3 aromatic rings. The second-order valence-electron chi connectivity index (χ2n) is 6.35. The molecule has 0 bridgehead atoms. The fourth-order valence-electron chi connectivity index (χ4n) is 2.56. The average Bonchev–Trinajstić information content (AvgIpc) is 2.73. The van der Waals surface area contributed by atoms with Gasteiger partial charge in [0.15, 0.2) is 0 Å². The largest absolute Gasteiger partial charge is 0.507 e. The summed E-state index contributed by atoms with van der Waals surface area (Å²) < 4.78 is 5.70. The third kappa shape index (κ3) is 5.66. The van der Waals surface area contributed by atoms with Crippen LogP contribution in [0.2, 0.25) is 15.1 Å². The highest BCUT2D eigenvalue weighted by atomic mass is 35.5. The van der Waals surface area contributed by atoms with E-state index in [4.69, 9.17) is 39.5 Å². The van der Waals surface area contributed by atoms with Crippen molar-refractivity contribution >= 4 is 46.4 Å². The number of carbonyl (C=O) groups is 1. The topological polar surface area (TPSA) is 70.9 Å². The third-order valence-electron chi connectivity index (χ3n) is 4.20. The number of phenolic OH excluding ortho intramolecular Hbond substituents is 1. The van der Waals surface area contributed by atoms with Gasteiger partial charge < -0.3 is 9.84 Å². The number of amides is 1. The zero-order valence-corrected chi connectivity index (χ0v) is 18.1. The van der Waals surface area contributed by atoms with Crippen LogP contribution >= 0.6 is 34.8 Å². The first kappa shape index (κ1) is 22.0. The van der Waals surface area contributed by atoms with Crippen molar-refractivity contribution in [3.05, 3.63) is 92.4 Å². The van der Waals surface area contributed by atoms with Crippen LogP contribution in [0.25, 0.3) is 0 Å². The van der Waals surface area contributed by atoms with E-state index in [1.54, 1.807) is 61.5 Å². The number of nitrogens with one attached hydrogen (secondary N) is 1. The molecule has 0 aliphatic heterocycles. The van der Waals surface area contributed by atoms with Crippen LogP contribution in [0.4, 0.5) is 0 Å². The molecule has 5 nitrogen and oxygen atoms in total. The molecule has 0 aromatic heterocycles. The third-order valence-corrected chi connectivity index (χ3v) is 5.02. The lowest BCUT2D eigenvalue weighted by Crippen LogP contribution is -2.19. The summed E-state index contributed by atoms with van der Waals surface area (Å²) in [5.74, 6) is 0.210. The molecular formula is C22H17Cl3N2O3. The maximum atomic E-state index is 12.3. The molecule has 0 saturated heterocycles. The fraction of sp³-hybridized carbons (Fsp3) is 0.0909. The van der Waals surface area contributed by atoms with Gasteiger partial charge in [-0.25, -0.2) is 5.43 Å². The zero-order chi connectivity index (χ0) is 21.7. The molecular weight excluding hydrogens is 447 g/mol. The quantitative estimate of drug-likeness (QED) is 0.343. The van der Waals surface area contributed by atoms with E-state index >= 15 is 0 Å². The van der Waals surface area contributed by atoms with Crippen molar-refractivity contribution in [2.75, 3.05) is 0 Å². The van der Waals surface area contributed by atoms with Crippen LogP contribution in [0.3, 0.4) is 0 Å². The van der Waals surface area contributed by atoms with Crippen LogP contribution in [0.5, 0.6) is 11.5 Å². The molecule has 0 heterocycles. The maximum absolute atomic E-state index is 12.3. The molecule has 0 radical (unpaired) electrons. The second-order valence-corrected chi connectivity index (χ2v) is 7.63. The average molecular weight is 464 g/mol. The SMILES string of the molecule is C/C(=N\NC(=O)c1ccc(OCc2ccc(Cl)cc2Cl)cc1)c1cc(Cl)ccc1O. The van der Waals surface area contributed by atoms with Gasteiger partial charge in [-0.2, -0.15) is 5.10 Å². The van der Waals surface area contributed by atoms with Crippen molar-refractivity contribution < 1.29 is 14.6 Å². The van der Waals surface area contributed by atoms with Gasteiger partial charge in [0.2, 0.25) is 0 Å². The van der Waals surface area contributed by atoms with Crippen LogP contribution < -0.4 is 10.2 Å². The maximum Gasteiger partial charge on any atom is 0.271 e. The number of hydrogen-bond acceptors (Lipinski definition) is 4. The van der Waals surface area contributed by atoms with Crippen molar-refractivity contribution in [3.8, 4) is 11.5 Å². The summed E-state index contributed by atoms with van der Waals surface area (Å²) in [5.41, 5.74) is 4.52. The lowest BCUT2D eigenvalue weighted by Gasteiger charge is -2.09. The normalized spacial score (nSPS) is 11.3. The second kappa shape index (κ2) is 9.85. The molecule has 3 aromatic carbocycles. The lowest BCUT2D eigenvalue weighted by molar-refractivity contribution is 0.0954. The molecule has 0 unspecified atom stereocenters. The Morgan fingerprint density at radius 2 is 1.67 bits per heavy atom. The standard InChI is InChI=1S/C22H17Cl3N2O3/c1-13(19-10-16(23)6-9-21(19)28)26-27-22(29)14-3-7-18(8-4-14)30-12-15-2-5-17(24)11-20(15)25/h2-11,28H,12H2,1H3,(H,27,29)/b26-13+. The van der Waals surface area contributed by atoms with E-state index in [-0.39, 0.29) is 12.4 Å². The molecule has 0 spiro atoms. The number of phenols is 1. The first-order valence-corrected chi connectivity index (χ1v) is 9.97. The number of hydrogen-bond donors (Lipinski definition) is 2. The van der Waals surface area contributed by atoms with Gasteiger partial charge in [0.1, 0.15) is 18.1 Å². The minimum atomic E-state index is -0.400. The predicted molar refractivity (Wildman–Crippen MR) is 120 cm³/mol. The predicted octanol–water partition coefficient (Wildman–Crippen LogP) is 6.09. The highest BCUT2D eigenvalue weighted by molar-refractivity contribution is 6.35. The first-order chi connectivity index (χ1) is 14.3. The van der Waals surface area contributed by atoms with E-state index in [9.17, 15) is 9.90 Å². The highest BCUT2D eigenvalue weighted by Crippen LogP contribution is 2.23. The number of carbonyl (C=O) groups excluding carboxylic acids is 1. The van der Waals surface area contributed by atoms with Gasteiger partial charge in [-0.1, -0.05) is 40.9 Å². The molecule has 0 atom stereocenters. The molecule has 154 valence electrons. The van der Waals surface area contributed by atoms with Crippen molar-refractivity contribution in [2.45, 2.75) is 13.5 Å². The van der Waals surface area contributed by atoms with E-state index in [2.05, 4.69) is 10.5 Å². The van der Waals surface area contributed by atoms with Crippen LogP contribution in [0.15, 0.2) is 65.8 Å². The Morgan fingerprint density at radius 1 is 1.00 bits per heavy atom. The summed E-state index contributed by atoms with van der Waals surface area (Å²) in [6.45, 7) is 1.93. The molecule has 3 rings (SSSR count). The fourth-order valence-corrected chi connectivity index (χ4v) is 3.19. The number of ether oxygens (including phenoxy) is 1. The first-order valence-electron chi connectivity index (χ1n) is 8.84. The van der Waals surface area contributed by atoms with Gasteiger partial charge in [0.05, 0.1) is 5.71 Å². The molecule has 2 N–H and O–H groups in total. The van der Waals surface area contributed by atoms with Gasteiger partial charge in [-0.05, 0) is 61.5 Å².